The van der Waals surface area contributed by atoms with E-state index in [9.17, 15) is 4.79 Å². The molecule has 0 saturated heterocycles. The molecule has 27 heavy (non-hydrogen) atoms. The summed E-state index contributed by atoms with van der Waals surface area (Å²) in [5.41, 5.74) is 2.47. The Labute approximate surface area is 158 Å². The molecule has 2 fully saturated rings. The van der Waals surface area contributed by atoms with E-state index in [1.165, 1.54) is 6.07 Å². The van der Waals surface area contributed by atoms with E-state index in [0.717, 1.165) is 36.2 Å². The molecule has 0 spiro atoms. The fourth-order valence-electron chi connectivity index (χ4n) is 5.23. The van der Waals surface area contributed by atoms with Crippen LogP contribution in [-0.2, 0) is 10.2 Å². The standard InChI is InChI=1S/C22H24FN3O/c1-21(2)10-15-17(16(27)11-21)22(3,13-6-4-5-7-14(13)23)18-19(12-8-9-12)25-26-20(18)24-15/h4-7,12,17H,8-11H2,1-3H3,(H,25,26). The number of carbonyl (C=O) groups is 1. The first-order valence-corrected chi connectivity index (χ1v) is 9.75. The smallest absolute Gasteiger partial charge is 0.177 e. The van der Waals surface area contributed by atoms with Crippen molar-refractivity contribution in [3.8, 4) is 0 Å². The molecule has 2 unspecified atom stereocenters. The molecule has 3 aliphatic rings. The number of carbonyl (C=O) groups excluding carboxylic acids is 1. The summed E-state index contributed by atoms with van der Waals surface area (Å²) in [4.78, 5) is 18.2. The van der Waals surface area contributed by atoms with Crippen LogP contribution < -0.4 is 0 Å². The summed E-state index contributed by atoms with van der Waals surface area (Å²) in [5.74, 6) is 0.515. The molecule has 0 bridgehead atoms. The number of halogens is 1. The molecule has 140 valence electrons. The van der Waals surface area contributed by atoms with Crippen molar-refractivity contribution in [1.29, 1.82) is 0 Å². The average molecular weight is 365 g/mol. The number of aromatic nitrogens is 2. The maximum absolute atomic E-state index is 15.0. The number of H-pyrrole nitrogens is 1. The highest BCUT2D eigenvalue weighted by molar-refractivity contribution is 6.11. The van der Waals surface area contributed by atoms with E-state index in [0.29, 0.717) is 23.7 Å². The summed E-state index contributed by atoms with van der Waals surface area (Å²) in [6.45, 7) is 6.21. The third kappa shape index (κ3) is 2.36. The zero-order valence-electron chi connectivity index (χ0n) is 16.0. The van der Waals surface area contributed by atoms with Gasteiger partial charge in [-0.25, -0.2) is 9.38 Å². The van der Waals surface area contributed by atoms with Crippen LogP contribution in [0.4, 0.5) is 10.2 Å². The molecular weight excluding hydrogens is 341 g/mol. The summed E-state index contributed by atoms with van der Waals surface area (Å²) < 4.78 is 15.0. The molecule has 2 atom stereocenters. The van der Waals surface area contributed by atoms with Crippen molar-refractivity contribution in [2.24, 2.45) is 16.3 Å². The maximum Gasteiger partial charge on any atom is 0.177 e. The number of rotatable bonds is 2. The Bertz CT molecular complexity index is 985. The van der Waals surface area contributed by atoms with Gasteiger partial charge >= 0.3 is 0 Å². The fourth-order valence-corrected chi connectivity index (χ4v) is 5.23. The zero-order chi connectivity index (χ0) is 19.0. The van der Waals surface area contributed by atoms with Crippen molar-refractivity contribution in [2.75, 3.05) is 0 Å². The summed E-state index contributed by atoms with van der Waals surface area (Å²) in [6, 6.07) is 6.85. The second-order valence-electron chi connectivity index (χ2n) is 9.31. The Kier molecular flexibility index (Phi) is 3.35. The number of nitrogens with zero attached hydrogens (tertiary/aromatic N) is 2. The molecule has 5 rings (SSSR count). The van der Waals surface area contributed by atoms with Crippen LogP contribution in [0.25, 0.3) is 0 Å². The highest BCUT2D eigenvalue weighted by Crippen LogP contribution is 2.56. The number of Topliss-reactive ketones (excluding diaryl/α,β-unsaturated/α-hetero) is 1. The van der Waals surface area contributed by atoms with Crippen molar-refractivity contribution < 1.29 is 9.18 Å². The fraction of sp³-hybridized carbons (Fsp3) is 0.500. The number of hydrogen-bond donors (Lipinski definition) is 1. The number of fused-ring (bicyclic) bond motifs is 2. The van der Waals surface area contributed by atoms with E-state index in [1.54, 1.807) is 6.07 Å². The molecular formula is C22H24FN3O. The van der Waals surface area contributed by atoms with Gasteiger partial charge in [0.25, 0.3) is 0 Å². The number of aromatic amines is 1. The second-order valence-corrected chi connectivity index (χ2v) is 9.31. The Morgan fingerprint density at radius 2 is 1.89 bits per heavy atom. The lowest BCUT2D eigenvalue weighted by molar-refractivity contribution is -0.125. The van der Waals surface area contributed by atoms with Gasteiger partial charge in [0.2, 0.25) is 0 Å². The number of nitrogens with one attached hydrogen (secondary N) is 1. The summed E-state index contributed by atoms with van der Waals surface area (Å²) >= 11 is 0. The first-order valence-electron chi connectivity index (χ1n) is 9.75. The molecule has 4 nitrogen and oxygen atoms in total. The summed E-state index contributed by atoms with van der Waals surface area (Å²) in [6.07, 6.45) is 3.43. The van der Waals surface area contributed by atoms with Gasteiger partial charge in [-0.1, -0.05) is 39.0 Å². The van der Waals surface area contributed by atoms with Crippen LogP contribution in [0.5, 0.6) is 0 Å². The van der Waals surface area contributed by atoms with Gasteiger partial charge in [0.1, 0.15) is 11.6 Å². The number of hydrogen-bond acceptors (Lipinski definition) is 3. The predicted octanol–water partition coefficient (Wildman–Crippen LogP) is 4.82. The van der Waals surface area contributed by atoms with E-state index in [2.05, 4.69) is 24.0 Å². The van der Waals surface area contributed by atoms with Crippen LogP contribution >= 0.6 is 0 Å². The van der Waals surface area contributed by atoms with Crippen molar-refractivity contribution >= 4 is 17.3 Å². The van der Waals surface area contributed by atoms with Gasteiger partial charge in [0, 0.05) is 34.7 Å². The van der Waals surface area contributed by atoms with Gasteiger partial charge in [0.05, 0.1) is 5.92 Å². The molecule has 1 aliphatic heterocycles. The minimum Gasteiger partial charge on any atom is -0.299 e. The van der Waals surface area contributed by atoms with Crippen molar-refractivity contribution in [1.82, 2.24) is 10.2 Å². The largest absolute Gasteiger partial charge is 0.299 e. The third-order valence-corrected chi connectivity index (χ3v) is 6.51. The molecule has 2 aliphatic carbocycles. The SMILES string of the molecule is CC1(C)CC(=O)C2C(=Nc3n[nH]c(C4CC4)c3C2(C)c2ccccc2F)C1. The van der Waals surface area contributed by atoms with Crippen molar-refractivity contribution in [2.45, 2.75) is 57.8 Å². The van der Waals surface area contributed by atoms with Crippen LogP contribution in [0.2, 0.25) is 0 Å². The lowest BCUT2D eigenvalue weighted by Gasteiger charge is -2.46. The first-order chi connectivity index (χ1) is 12.8. The average Bonchev–Trinajstić information content (AvgIpc) is 3.33. The van der Waals surface area contributed by atoms with Crippen LogP contribution in [0.1, 0.15) is 69.2 Å². The van der Waals surface area contributed by atoms with Crippen LogP contribution in [-0.4, -0.2) is 21.7 Å². The minimum atomic E-state index is -0.781. The summed E-state index contributed by atoms with van der Waals surface area (Å²) in [5, 5.41) is 7.66. The monoisotopic (exact) mass is 365 g/mol. The minimum absolute atomic E-state index is 0.129. The van der Waals surface area contributed by atoms with E-state index in [4.69, 9.17) is 4.99 Å². The van der Waals surface area contributed by atoms with E-state index in [-0.39, 0.29) is 17.0 Å². The van der Waals surface area contributed by atoms with Gasteiger partial charge in [-0.2, -0.15) is 5.10 Å². The van der Waals surface area contributed by atoms with Gasteiger partial charge in [-0.05, 0) is 36.3 Å². The molecule has 5 heteroatoms. The molecule has 1 N–H and O–H groups in total. The second kappa shape index (κ2) is 5.37. The molecule has 2 aromatic rings. The number of aliphatic imine (C=N–C) groups is 1. The number of ketones is 1. The lowest BCUT2D eigenvalue weighted by atomic mass is 9.56. The van der Waals surface area contributed by atoms with E-state index in [1.807, 2.05) is 19.1 Å². The maximum atomic E-state index is 15.0. The Morgan fingerprint density at radius 1 is 1.15 bits per heavy atom. The zero-order valence-corrected chi connectivity index (χ0v) is 16.0. The molecule has 2 saturated carbocycles. The van der Waals surface area contributed by atoms with Crippen molar-refractivity contribution in [3.05, 3.63) is 46.9 Å². The van der Waals surface area contributed by atoms with Gasteiger partial charge in [0.15, 0.2) is 5.82 Å². The normalized spacial score (nSPS) is 29.1. The Hall–Kier alpha value is -2.30. The highest BCUT2D eigenvalue weighted by atomic mass is 19.1. The first kappa shape index (κ1) is 16.8. The Morgan fingerprint density at radius 3 is 2.59 bits per heavy atom. The van der Waals surface area contributed by atoms with E-state index < -0.39 is 11.3 Å². The van der Waals surface area contributed by atoms with Crippen LogP contribution in [0, 0.1) is 17.2 Å². The van der Waals surface area contributed by atoms with Crippen molar-refractivity contribution in [3.63, 3.8) is 0 Å². The topological polar surface area (TPSA) is 58.1 Å². The molecule has 1 aromatic carbocycles. The Balaban J connectivity index is 1.80. The molecule has 0 radical (unpaired) electrons. The third-order valence-electron chi connectivity index (χ3n) is 6.51. The quantitative estimate of drug-likeness (QED) is 0.829. The van der Waals surface area contributed by atoms with Crippen LogP contribution in [0.3, 0.4) is 0 Å². The predicted molar refractivity (Wildman–Crippen MR) is 102 cm³/mol. The summed E-state index contributed by atoms with van der Waals surface area (Å²) in [7, 11) is 0. The van der Waals surface area contributed by atoms with Crippen LogP contribution in [0.15, 0.2) is 29.3 Å². The lowest BCUT2D eigenvalue weighted by Crippen LogP contribution is -2.51. The molecule has 2 heterocycles. The van der Waals surface area contributed by atoms with Gasteiger partial charge in [-0.3, -0.25) is 9.89 Å². The van der Waals surface area contributed by atoms with Gasteiger partial charge < -0.3 is 0 Å². The molecule has 1 aromatic heterocycles. The van der Waals surface area contributed by atoms with E-state index >= 15 is 4.39 Å². The van der Waals surface area contributed by atoms with Gasteiger partial charge in [-0.15, -0.1) is 0 Å². The molecule has 0 amide bonds. The highest BCUT2D eigenvalue weighted by Gasteiger charge is 2.55. The number of benzene rings is 1.